The van der Waals surface area contributed by atoms with Gasteiger partial charge in [-0.2, -0.15) is 5.26 Å². The lowest BCUT2D eigenvalue weighted by Gasteiger charge is -2.15. The largest absolute Gasteiger partial charge is 0.345 e. The summed E-state index contributed by atoms with van der Waals surface area (Å²) in [6, 6.07) is 10.7. The average Bonchev–Trinajstić information content (AvgIpc) is 2.95. The molecule has 1 aromatic carbocycles. The van der Waals surface area contributed by atoms with Gasteiger partial charge in [-0.15, -0.1) is 0 Å². The first-order chi connectivity index (χ1) is 11.5. The van der Waals surface area contributed by atoms with E-state index in [1.54, 1.807) is 32.0 Å². The van der Waals surface area contributed by atoms with Crippen molar-refractivity contribution >= 4 is 17.0 Å². The first-order valence-corrected chi connectivity index (χ1v) is 7.54. The number of rotatable bonds is 3. The summed E-state index contributed by atoms with van der Waals surface area (Å²) in [5, 5.41) is 16.3. The second-order valence-corrected chi connectivity index (χ2v) is 5.69. The third-order valence-electron chi connectivity index (χ3n) is 3.88. The van der Waals surface area contributed by atoms with Crippen molar-refractivity contribution in [2.24, 2.45) is 0 Å². The molecular weight excluding hydrogens is 304 g/mol. The predicted octanol–water partition coefficient (Wildman–Crippen LogP) is 3.20. The normalized spacial score (nSPS) is 11.9. The number of amides is 1. The molecule has 0 aliphatic rings. The van der Waals surface area contributed by atoms with Crippen molar-refractivity contribution in [2.45, 2.75) is 26.8 Å². The van der Waals surface area contributed by atoms with Crippen molar-refractivity contribution < 1.29 is 9.32 Å². The number of nitriles is 1. The van der Waals surface area contributed by atoms with Gasteiger partial charge >= 0.3 is 0 Å². The van der Waals surface area contributed by atoms with E-state index in [1.807, 2.05) is 19.1 Å². The second kappa shape index (κ2) is 6.13. The van der Waals surface area contributed by atoms with E-state index in [2.05, 4.69) is 21.5 Å². The Kier molecular flexibility index (Phi) is 4.00. The number of fused-ring (bicyclic) bond motifs is 1. The molecule has 1 atom stereocenters. The first kappa shape index (κ1) is 15.7. The fourth-order valence-corrected chi connectivity index (χ4v) is 2.60. The summed E-state index contributed by atoms with van der Waals surface area (Å²) < 4.78 is 5.16. The molecule has 0 aliphatic heterocycles. The van der Waals surface area contributed by atoms with Crippen LogP contribution in [-0.2, 0) is 0 Å². The van der Waals surface area contributed by atoms with Gasteiger partial charge < -0.3 is 9.84 Å². The number of aryl methyl sites for hydroxylation is 2. The van der Waals surface area contributed by atoms with Crippen LogP contribution in [0.5, 0.6) is 0 Å². The van der Waals surface area contributed by atoms with Crippen molar-refractivity contribution in [3.8, 4) is 6.07 Å². The van der Waals surface area contributed by atoms with Crippen LogP contribution in [0.1, 0.15) is 45.8 Å². The molecule has 1 unspecified atom stereocenters. The summed E-state index contributed by atoms with van der Waals surface area (Å²) in [5.41, 5.74) is 3.69. The highest BCUT2D eigenvalue weighted by Crippen LogP contribution is 2.23. The number of hydrogen-bond donors (Lipinski definition) is 1. The lowest BCUT2D eigenvalue weighted by Crippen LogP contribution is -2.27. The molecule has 0 saturated heterocycles. The Morgan fingerprint density at radius 3 is 2.67 bits per heavy atom. The maximum atomic E-state index is 12.7. The summed E-state index contributed by atoms with van der Waals surface area (Å²) >= 11 is 0. The molecule has 24 heavy (non-hydrogen) atoms. The molecule has 1 amide bonds. The lowest BCUT2D eigenvalue weighted by molar-refractivity contribution is 0.0941. The van der Waals surface area contributed by atoms with Crippen LogP contribution in [0, 0.1) is 25.2 Å². The molecule has 0 spiro atoms. The second-order valence-electron chi connectivity index (χ2n) is 5.69. The van der Waals surface area contributed by atoms with Gasteiger partial charge in [0.05, 0.1) is 34.3 Å². The van der Waals surface area contributed by atoms with Gasteiger partial charge in [0.25, 0.3) is 11.6 Å². The molecular formula is C18H16N4O2. The number of nitrogens with zero attached hydrogens (tertiary/aromatic N) is 3. The minimum Gasteiger partial charge on any atom is -0.345 e. The van der Waals surface area contributed by atoms with E-state index in [-0.39, 0.29) is 11.9 Å². The molecule has 0 aliphatic carbocycles. The average molecular weight is 320 g/mol. The number of nitrogens with one attached hydrogen (secondary N) is 1. The van der Waals surface area contributed by atoms with Crippen molar-refractivity contribution in [1.29, 1.82) is 5.26 Å². The minimum absolute atomic E-state index is 0.200. The Labute approximate surface area is 139 Å². The summed E-state index contributed by atoms with van der Waals surface area (Å²) in [7, 11) is 0. The molecule has 3 rings (SSSR count). The van der Waals surface area contributed by atoms with Crippen molar-refractivity contribution in [3.63, 3.8) is 0 Å². The highest BCUT2D eigenvalue weighted by atomic mass is 16.5. The van der Waals surface area contributed by atoms with Gasteiger partial charge in [-0.05, 0) is 44.5 Å². The standard InChI is InChI=1S/C18H16N4O2/c1-10-8-15(16-12(3)22-24-18(16)20-10)17(23)21-11(2)14-6-4-13(9-19)5-7-14/h4-8,11H,1-3H3,(H,21,23). The Hall–Kier alpha value is -3.20. The van der Waals surface area contributed by atoms with E-state index in [0.29, 0.717) is 33.6 Å². The zero-order valence-corrected chi connectivity index (χ0v) is 13.6. The van der Waals surface area contributed by atoms with Crippen molar-refractivity contribution in [1.82, 2.24) is 15.5 Å². The Morgan fingerprint density at radius 1 is 1.29 bits per heavy atom. The smallest absolute Gasteiger partial charge is 0.258 e. The van der Waals surface area contributed by atoms with Crippen LogP contribution >= 0.6 is 0 Å². The Bertz CT molecular complexity index is 952. The maximum absolute atomic E-state index is 12.7. The van der Waals surface area contributed by atoms with Gasteiger partial charge in [-0.3, -0.25) is 4.79 Å². The quantitative estimate of drug-likeness (QED) is 0.800. The van der Waals surface area contributed by atoms with E-state index < -0.39 is 0 Å². The zero-order chi connectivity index (χ0) is 17.3. The lowest BCUT2D eigenvalue weighted by atomic mass is 10.0. The monoisotopic (exact) mass is 320 g/mol. The van der Waals surface area contributed by atoms with E-state index >= 15 is 0 Å². The van der Waals surface area contributed by atoms with Gasteiger partial charge in [-0.1, -0.05) is 17.3 Å². The molecule has 2 heterocycles. The van der Waals surface area contributed by atoms with Crippen LogP contribution in [0.25, 0.3) is 11.1 Å². The molecule has 1 N–H and O–H groups in total. The van der Waals surface area contributed by atoms with Gasteiger partial charge in [0.2, 0.25) is 0 Å². The molecule has 6 nitrogen and oxygen atoms in total. The summed E-state index contributed by atoms with van der Waals surface area (Å²) in [5.74, 6) is -0.214. The van der Waals surface area contributed by atoms with Crippen LogP contribution in [0.2, 0.25) is 0 Å². The fourth-order valence-electron chi connectivity index (χ4n) is 2.60. The molecule has 0 fully saturated rings. The number of carbonyl (C=O) groups excluding carboxylic acids is 1. The van der Waals surface area contributed by atoms with E-state index in [9.17, 15) is 4.79 Å². The van der Waals surface area contributed by atoms with Crippen LogP contribution in [-0.4, -0.2) is 16.0 Å². The third kappa shape index (κ3) is 2.84. The molecule has 0 radical (unpaired) electrons. The number of benzene rings is 1. The summed E-state index contributed by atoms with van der Waals surface area (Å²) in [6.07, 6.45) is 0. The van der Waals surface area contributed by atoms with Crippen LogP contribution in [0.15, 0.2) is 34.9 Å². The number of pyridine rings is 1. The third-order valence-corrected chi connectivity index (χ3v) is 3.88. The van der Waals surface area contributed by atoms with Gasteiger partial charge in [0.1, 0.15) is 0 Å². The highest BCUT2D eigenvalue weighted by molar-refractivity contribution is 6.06. The van der Waals surface area contributed by atoms with E-state index in [0.717, 1.165) is 5.56 Å². The van der Waals surface area contributed by atoms with Gasteiger partial charge in [0, 0.05) is 5.69 Å². The van der Waals surface area contributed by atoms with Crippen LogP contribution < -0.4 is 5.32 Å². The summed E-state index contributed by atoms with van der Waals surface area (Å²) in [6.45, 7) is 5.48. The molecule has 2 aromatic heterocycles. The van der Waals surface area contributed by atoms with Gasteiger partial charge in [-0.25, -0.2) is 4.98 Å². The molecule has 0 bridgehead atoms. The van der Waals surface area contributed by atoms with E-state index in [1.165, 1.54) is 0 Å². The summed E-state index contributed by atoms with van der Waals surface area (Å²) in [4.78, 5) is 17.0. The first-order valence-electron chi connectivity index (χ1n) is 7.54. The number of aromatic nitrogens is 2. The molecule has 0 saturated carbocycles. The maximum Gasteiger partial charge on any atom is 0.258 e. The van der Waals surface area contributed by atoms with Crippen LogP contribution in [0.3, 0.4) is 0 Å². The predicted molar refractivity (Wildman–Crippen MR) is 88.3 cm³/mol. The van der Waals surface area contributed by atoms with E-state index in [4.69, 9.17) is 9.78 Å². The van der Waals surface area contributed by atoms with Gasteiger partial charge in [0.15, 0.2) is 0 Å². The van der Waals surface area contributed by atoms with Crippen molar-refractivity contribution in [3.05, 3.63) is 58.4 Å². The fraction of sp³-hybridized carbons (Fsp3) is 0.222. The molecule has 3 aromatic rings. The zero-order valence-electron chi connectivity index (χ0n) is 13.6. The minimum atomic E-state index is -0.214. The Morgan fingerprint density at radius 2 is 2.00 bits per heavy atom. The topological polar surface area (TPSA) is 91.8 Å². The number of carbonyl (C=O) groups is 1. The van der Waals surface area contributed by atoms with Crippen molar-refractivity contribution in [2.75, 3.05) is 0 Å². The molecule has 120 valence electrons. The van der Waals surface area contributed by atoms with Crippen LogP contribution in [0.4, 0.5) is 0 Å². The Balaban J connectivity index is 1.89. The highest BCUT2D eigenvalue weighted by Gasteiger charge is 2.19. The SMILES string of the molecule is Cc1cc(C(=O)NC(C)c2ccc(C#N)cc2)c2c(C)noc2n1. The number of hydrogen-bond acceptors (Lipinski definition) is 5. The molecule has 6 heteroatoms.